The molecule has 0 saturated carbocycles. The van der Waals surface area contributed by atoms with Gasteiger partial charge in [0.05, 0.1) is 0 Å². The van der Waals surface area contributed by atoms with Crippen molar-refractivity contribution in [1.82, 2.24) is 20.2 Å². The number of hydrogen-bond acceptors (Lipinski definition) is 5. The lowest BCUT2D eigenvalue weighted by Crippen LogP contribution is -2.49. The molecule has 1 saturated heterocycles. The highest BCUT2D eigenvalue weighted by molar-refractivity contribution is 5.90. The summed E-state index contributed by atoms with van der Waals surface area (Å²) in [5.74, 6) is 1.16. The minimum atomic E-state index is -0.153. The van der Waals surface area contributed by atoms with Crippen molar-refractivity contribution in [2.24, 2.45) is 0 Å². The van der Waals surface area contributed by atoms with Crippen molar-refractivity contribution in [3.63, 3.8) is 0 Å². The van der Waals surface area contributed by atoms with Gasteiger partial charge in [-0.1, -0.05) is 32.0 Å². The molecule has 0 radical (unpaired) electrons. The van der Waals surface area contributed by atoms with Crippen molar-refractivity contribution < 1.29 is 4.79 Å². The number of nitrogens with zero attached hydrogens (tertiary/aromatic N) is 4. The molecule has 0 unspecified atom stereocenters. The summed E-state index contributed by atoms with van der Waals surface area (Å²) < 4.78 is 0. The molecule has 0 atom stereocenters. The molecule has 2 N–H and O–H groups in total. The van der Waals surface area contributed by atoms with Gasteiger partial charge in [0.1, 0.15) is 0 Å². The van der Waals surface area contributed by atoms with Gasteiger partial charge in [0.2, 0.25) is 5.95 Å². The van der Waals surface area contributed by atoms with Gasteiger partial charge in [-0.05, 0) is 23.6 Å². The number of amides is 2. The van der Waals surface area contributed by atoms with Gasteiger partial charge in [-0.15, -0.1) is 0 Å². The fourth-order valence-electron chi connectivity index (χ4n) is 3.23. The predicted octanol–water partition coefficient (Wildman–Crippen LogP) is 2.54. The van der Waals surface area contributed by atoms with Gasteiger partial charge in [0, 0.05) is 57.3 Å². The number of rotatable bonds is 6. The van der Waals surface area contributed by atoms with Crippen LogP contribution < -0.4 is 15.5 Å². The molecule has 2 heterocycles. The molecule has 1 aromatic heterocycles. The number of urea groups is 1. The van der Waals surface area contributed by atoms with E-state index in [2.05, 4.69) is 50.3 Å². The molecule has 7 nitrogen and oxygen atoms in total. The van der Waals surface area contributed by atoms with E-state index in [1.165, 1.54) is 0 Å². The van der Waals surface area contributed by atoms with Gasteiger partial charge in [-0.3, -0.25) is 4.90 Å². The van der Waals surface area contributed by atoms with Crippen LogP contribution in [0.3, 0.4) is 0 Å². The molecule has 1 aromatic carbocycles. The maximum Gasteiger partial charge on any atom is 0.319 e. The molecule has 1 fully saturated rings. The SMILES string of the molecule is CC(C)c1ccccc1NC(=O)NCCN1CCN(c2ncccn2)CC1. The largest absolute Gasteiger partial charge is 0.338 e. The normalized spacial score (nSPS) is 15.0. The molecule has 27 heavy (non-hydrogen) atoms. The smallest absolute Gasteiger partial charge is 0.319 e. The summed E-state index contributed by atoms with van der Waals surface area (Å²) in [6, 6.07) is 9.61. The van der Waals surface area contributed by atoms with Crippen molar-refractivity contribution in [3.05, 3.63) is 48.3 Å². The van der Waals surface area contributed by atoms with Crippen LogP contribution in [0, 0.1) is 0 Å². The van der Waals surface area contributed by atoms with E-state index in [1.807, 2.05) is 24.3 Å². The predicted molar refractivity (Wildman–Crippen MR) is 108 cm³/mol. The van der Waals surface area contributed by atoms with Gasteiger partial charge in [-0.2, -0.15) is 0 Å². The van der Waals surface area contributed by atoms with Crippen molar-refractivity contribution in [1.29, 1.82) is 0 Å². The van der Waals surface area contributed by atoms with Gasteiger partial charge in [0.15, 0.2) is 0 Å². The highest BCUT2D eigenvalue weighted by Gasteiger charge is 2.18. The fourth-order valence-corrected chi connectivity index (χ4v) is 3.23. The molecule has 7 heteroatoms. The summed E-state index contributed by atoms with van der Waals surface area (Å²) in [7, 11) is 0. The lowest BCUT2D eigenvalue weighted by molar-refractivity contribution is 0.240. The first kappa shape index (κ1) is 19.1. The molecule has 2 aromatic rings. The Balaban J connectivity index is 1.39. The number of carbonyl (C=O) groups excluding carboxylic acids is 1. The number of nitrogens with one attached hydrogen (secondary N) is 2. The van der Waals surface area contributed by atoms with Crippen LogP contribution in [-0.2, 0) is 0 Å². The zero-order valence-electron chi connectivity index (χ0n) is 16.1. The molecule has 0 aliphatic carbocycles. The summed E-state index contributed by atoms with van der Waals surface area (Å²) in [5.41, 5.74) is 2.02. The van der Waals surface area contributed by atoms with Crippen LogP contribution in [0.25, 0.3) is 0 Å². The van der Waals surface area contributed by atoms with E-state index >= 15 is 0 Å². The third-order valence-electron chi connectivity index (χ3n) is 4.75. The average Bonchev–Trinajstić information content (AvgIpc) is 2.69. The molecule has 3 rings (SSSR count). The number of carbonyl (C=O) groups is 1. The third-order valence-corrected chi connectivity index (χ3v) is 4.75. The lowest BCUT2D eigenvalue weighted by atomic mass is 10.0. The number of anilines is 2. The maximum absolute atomic E-state index is 12.2. The van der Waals surface area contributed by atoms with E-state index in [0.717, 1.165) is 49.9 Å². The van der Waals surface area contributed by atoms with Crippen LogP contribution in [0.5, 0.6) is 0 Å². The van der Waals surface area contributed by atoms with E-state index < -0.39 is 0 Å². The Labute approximate surface area is 160 Å². The van der Waals surface area contributed by atoms with E-state index in [1.54, 1.807) is 12.4 Å². The number of para-hydroxylation sites is 1. The Hall–Kier alpha value is -2.67. The minimum Gasteiger partial charge on any atom is -0.338 e. The van der Waals surface area contributed by atoms with E-state index in [0.29, 0.717) is 12.5 Å². The molecule has 0 bridgehead atoms. The quantitative estimate of drug-likeness (QED) is 0.820. The van der Waals surface area contributed by atoms with Crippen LogP contribution >= 0.6 is 0 Å². The van der Waals surface area contributed by atoms with E-state index in [9.17, 15) is 4.79 Å². The average molecular weight is 368 g/mol. The Bertz CT molecular complexity index is 728. The number of aromatic nitrogens is 2. The summed E-state index contributed by atoms with van der Waals surface area (Å²) in [6.07, 6.45) is 3.54. The standard InChI is InChI=1S/C20H28N6O/c1-16(2)17-6-3-4-7-18(17)24-20(27)23-10-11-25-12-14-26(15-13-25)19-21-8-5-9-22-19/h3-9,16H,10-15H2,1-2H3,(H2,23,24,27). The Morgan fingerprint density at radius 1 is 1.07 bits per heavy atom. The maximum atomic E-state index is 12.2. The van der Waals surface area contributed by atoms with Crippen LogP contribution in [-0.4, -0.2) is 60.2 Å². The highest BCUT2D eigenvalue weighted by atomic mass is 16.2. The van der Waals surface area contributed by atoms with Crippen molar-refractivity contribution >= 4 is 17.7 Å². The van der Waals surface area contributed by atoms with Gasteiger partial charge >= 0.3 is 6.03 Å². The molecular weight excluding hydrogens is 340 g/mol. The Morgan fingerprint density at radius 3 is 2.48 bits per heavy atom. The van der Waals surface area contributed by atoms with Gasteiger partial charge < -0.3 is 15.5 Å². The first-order chi connectivity index (χ1) is 13.1. The van der Waals surface area contributed by atoms with E-state index in [4.69, 9.17) is 0 Å². The summed E-state index contributed by atoms with van der Waals surface area (Å²) in [6.45, 7) is 9.39. The topological polar surface area (TPSA) is 73.4 Å². The molecule has 1 aliphatic rings. The first-order valence-corrected chi connectivity index (χ1v) is 9.51. The third kappa shape index (κ3) is 5.40. The number of benzene rings is 1. The highest BCUT2D eigenvalue weighted by Crippen LogP contribution is 2.23. The van der Waals surface area contributed by atoms with Gasteiger partial charge in [-0.25, -0.2) is 14.8 Å². The minimum absolute atomic E-state index is 0.153. The number of piperazine rings is 1. The number of hydrogen-bond donors (Lipinski definition) is 2. The summed E-state index contributed by atoms with van der Waals surface area (Å²) in [5, 5.41) is 5.92. The molecular formula is C20H28N6O. The van der Waals surface area contributed by atoms with Gasteiger partial charge in [0.25, 0.3) is 0 Å². The molecule has 144 valence electrons. The van der Waals surface area contributed by atoms with Crippen LogP contribution in [0.15, 0.2) is 42.7 Å². The molecule has 1 aliphatic heterocycles. The van der Waals surface area contributed by atoms with Crippen LogP contribution in [0.1, 0.15) is 25.3 Å². The Kier molecular flexibility index (Phi) is 6.59. The summed E-state index contributed by atoms with van der Waals surface area (Å²) >= 11 is 0. The molecule has 0 spiro atoms. The zero-order chi connectivity index (χ0) is 19.1. The van der Waals surface area contributed by atoms with Crippen molar-refractivity contribution in [2.45, 2.75) is 19.8 Å². The Morgan fingerprint density at radius 2 is 1.78 bits per heavy atom. The lowest BCUT2D eigenvalue weighted by Gasteiger charge is -2.34. The fraction of sp³-hybridized carbons (Fsp3) is 0.450. The van der Waals surface area contributed by atoms with Crippen molar-refractivity contribution in [3.8, 4) is 0 Å². The summed E-state index contributed by atoms with van der Waals surface area (Å²) in [4.78, 5) is 25.3. The second kappa shape index (κ2) is 9.32. The van der Waals surface area contributed by atoms with Crippen LogP contribution in [0.2, 0.25) is 0 Å². The van der Waals surface area contributed by atoms with Crippen LogP contribution in [0.4, 0.5) is 16.4 Å². The second-order valence-electron chi connectivity index (χ2n) is 7.00. The van der Waals surface area contributed by atoms with Crippen molar-refractivity contribution in [2.75, 3.05) is 49.5 Å². The second-order valence-corrected chi connectivity index (χ2v) is 7.00. The first-order valence-electron chi connectivity index (χ1n) is 9.51. The monoisotopic (exact) mass is 368 g/mol. The van der Waals surface area contributed by atoms with E-state index in [-0.39, 0.29) is 6.03 Å². The molecule has 2 amide bonds. The zero-order valence-corrected chi connectivity index (χ0v) is 16.1.